The normalized spacial score (nSPS) is 15.0. The van der Waals surface area contributed by atoms with Gasteiger partial charge in [0.05, 0.1) is 6.20 Å². The summed E-state index contributed by atoms with van der Waals surface area (Å²) in [6, 6.07) is 11.2. The lowest BCUT2D eigenvalue weighted by atomic mass is 10.1. The number of piperidine rings is 1. The third-order valence-corrected chi connectivity index (χ3v) is 5.84. The Morgan fingerprint density at radius 1 is 1.19 bits per heavy atom. The van der Waals surface area contributed by atoms with E-state index in [1.807, 2.05) is 54.3 Å². The van der Waals surface area contributed by atoms with Gasteiger partial charge in [0.1, 0.15) is 11.9 Å². The number of benzene rings is 1. The summed E-state index contributed by atoms with van der Waals surface area (Å²) in [5.74, 6) is 0.631. The van der Waals surface area contributed by atoms with Gasteiger partial charge < -0.3 is 10.1 Å². The average Bonchev–Trinajstić information content (AvgIpc) is 3.12. The number of pyridine rings is 1. The molecule has 0 spiro atoms. The molecule has 162 valence electrons. The maximum atomic E-state index is 12.5. The maximum absolute atomic E-state index is 12.5. The average molecular weight is 420 g/mol. The van der Waals surface area contributed by atoms with Crippen molar-refractivity contribution in [2.75, 3.05) is 13.1 Å². The van der Waals surface area contributed by atoms with Crippen LogP contribution in [0, 0.1) is 6.92 Å². The number of ether oxygens (including phenoxy) is 1. The molecule has 7 nitrogen and oxygen atoms in total. The number of hydrogen-bond acceptors (Lipinski definition) is 5. The Balaban J connectivity index is 1.27. The fourth-order valence-corrected chi connectivity index (χ4v) is 3.82. The Morgan fingerprint density at radius 3 is 2.74 bits per heavy atom. The molecule has 0 saturated carbocycles. The molecule has 0 atom stereocenters. The van der Waals surface area contributed by atoms with Crippen molar-refractivity contribution in [3.63, 3.8) is 0 Å². The second-order valence-electron chi connectivity index (χ2n) is 8.04. The molecule has 0 aliphatic carbocycles. The van der Waals surface area contributed by atoms with Crippen LogP contribution in [0.2, 0.25) is 0 Å². The fourth-order valence-electron chi connectivity index (χ4n) is 3.82. The van der Waals surface area contributed by atoms with Gasteiger partial charge in [0.25, 0.3) is 5.91 Å². The summed E-state index contributed by atoms with van der Waals surface area (Å²) in [6.45, 7) is 5.47. The summed E-state index contributed by atoms with van der Waals surface area (Å²) in [5, 5.41) is 7.27. The summed E-state index contributed by atoms with van der Waals surface area (Å²) < 4.78 is 8.12. The molecular formula is C24H29N5O2. The van der Waals surface area contributed by atoms with Crippen molar-refractivity contribution in [2.45, 2.75) is 39.0 Å². The van der Waals surface area contributed by atoms with Crippen LogP contribution < -0.4 is 10.1 Å². The van der Waals surface area contributed by atoms with E-state index in [2.05, 4.69) is 27.2 Å². The minimum absolute atomic E-state index is 0.115. The molecule has 1 aliphatic heterocycles. The van der Waals surface area contributed by atoms with Gasteiger partial charge in [-0.3, -0.25) is 19.4 Å². The van der Waals surface area contributed by atoms with Crippen molar-refractivity contribution in [3.8, 4) is 5.75 Å². The summed E-state index contributed by atoms with van der Waals surface area (Å²) >= 11 is 0. The van der Waals surface area contributed by atoms with Crippen molar-refractivity contribution < 1.29 is 9.53 Å². The van der Waals surface area contributed by atoms with E-state index in [9.17, 15) is 4.79 Å². The highest BCUT2D eigenvalue weighted by Gasteiger charge is 2.22. The largest absolute Gasteiger partial charge is 0.490 e. The lowest BCUT2D eigenvalue weighted by Crippen LogP contribution is -2.37. The summed E-state index contributed by atoms with van der Waals surface area (Å²) in [6.07, 6.45) is 7.54. The summed E-state index contributed by atoms with van der Waals surface area (Å²) in [5.41, 5.74) is 4.08. The van der Waals surface area contributed by atoms with E-state index in [0.717, 1.165) is 43.8 Å². The molecule has 1 N–H and O–H groups in total. The van der Waals surface area contributed by atoms with Gasteiger partial charge in [0, 0.05) is 62.4 Å². The molecule has 2 aromatic heterocycles. The van der Waals surface area contributed by atoms with E-state index >= 15 is 0 Å². The first-order valence-corrected chi connectivity index (χ1v) is 10.7. The van der Waals surface area contributed by atoms with Crippen molar-refractivity contribution >= 4 is 5.91 Å². The van der Waals surface area contributed by atoms with Crippen LogP contribution in [-0.4, -0.2) is 44.8 Å². The third-order valence-electron chi connectivity index (χ3n) is 5.84. The number of aryl methyl sites for hydroxylation is 1. The fraction of sp³-hybridized carbons (Fsp3) is 0.375. The van der Waals surface area contributed by atoms with E-state index in [1.165, 1.54) is 11.3 Å². The van der Waals surface area contributed by atoms with Gasteiger partial charge in [-0.25, -0.2) is 0 Å². The second kappa shape index (κ2) is 9.75. The first-order chi connectivity index (χ1) is 15.1. The number of hydrogen-bond donors (Lipinski definition) is 1. The molecule has 0 unspecified atom stereocenters. The van der Waals surface area contributed by atoms with Crippen LogP contribution in [0.4, 0.5) is 0 Å². The van der Waals surface area contributed by atoms with Crippen LogP contribution in [0.15, 0.2) is 55.0 Å². The predicted octanol–water partition coefficient (Wildman–Crippen LogP) is 3.10. The molecule has 3 heterocycles. The zero-order valence-corrected chi connectivity index (χ0v) is 18.1. The lowest BCUT2D eigenvalue weighted by molar-refractivity contribution is 0.0934. The highest BCUT2D eigenvalue weighted by molar-refractivity contribution is 5.94. The molecule has 1 fully saturated rings. The van der Waals surface area contributed by atoms with Crippen LogP contribution in [0.5, 0.6) is 5.75 Å². The van der Waals surface area contributed by atoms with Gasteiger partial charge in [0.15, 0.2) is 0 Å². The Bertz CT molecular complexity index is 1010. The molecule has 0 radical (unpaired) electrons. The van der Waals surface area contributed by atoms with Gasteiger partial charge in [-0.05, 0) is 49.6 Å². The molecule has 1 amide bonds. The van der Waals surface area contributed by atoms with Crippen molar-refractivity contribution in [1.29, 1.82) is 0 Å². The summed E-state index contributed by atoms with van der Waals surface area (Å²) in [4.78, 5) is 19.0. The molecule has 7 heteroatoms. The van der Waals surface area contributed by atoms with E-state index in [1.54, 1.807) is 12.4 Å². The Labute approximate surface area is 183 Å². The number of carbonyl (C=O) groups excluding carboxylic acids is 1. The Kier molecular flexibility index (Phi) is 6.62. The monoisotopic (exact) mass is 419 g/mol. The van der Waals surface area contributed by atoms with E-state index < -0.39 is 0 Å². The number of aromatic nitrogens is 3. The standard InChI is InChI=1S/C24H29N5O2/c1-18-21(16-27-28(18)2)17-29-11-8-22(9-12-29)31-23-7-3-6-20(13-23)24(30)26-15-19-5-4-10-25-14-19/h3-7,10,13-14,16,22H,8-9,11-12,15,17H2,1-2H3,(H,26,30). The molecular weight excluding hydrogens is 390 g/mol. The maximum Gasteiger partial charge on any atom is 0.251 e. The van der Waals surface area contributed by atoms with Crippen LogP contribution in [0.3, 0.4) is 0 Å². The zero-order valence-electron chi connectivity index (χ0n) is 18.1. The van der Waals surface area contributed by atoms with Gasteiger partial charge >= 0.3 is 0 Å². The topological polar surface area (TPSA) is 72.3 Å². The number of likely N-dealkylation sites (tertiary alicyclic amines) is 1. The molecule has 4 rings (SSSR count). The van der Waals surface area contributed by atoms with Gasteiger partial charge in [0.2, 0.25) is 0 Å². The highest BCUT2D eigenvalue weighted by atomic mass is 16.5. The Hall–Kier alpha value is -3.19. The Morgan fingerprint density at radius 2 is 2.03 bits per heavy atom. The van der Waals surface area contributed by atoms with Gasteiger partial charge in [-0.2, -0.15) is 5.10 Å². The first kappa shape index (κ1) is 21.1. The van der Waals surface area contributed by atoms with E-state index in [-0.39, 0.29) is 12.0 Å². The predicted molar refractivity (Wildman–Crippen MR) is 119 cm³/mol. The van der Waals surface area contributed by atoms with E-state index in [4.69, 9.17) is 4.74 Å². The first-order valence-electron chi connectivity index (χ1n) is 10.7. The van der Waals surface area contributed by atoms with Crippen molar-refractivity contribution in [2.24, 2.45) is 7.05 Å². The van der Waals surface area contributed by atoms with E-state index in [0.29, 0.717) is 12.1 Å². The molecule has 1 saturated heterocycles. The smallest absolute Gasteiger partial charge is 0.251 e. The van der Waals surface area contributed by atoms with Crippen LogP contribution in [-0.2, 0) is 20.1 Å². The second-order valence-corrected chi connectivity index (χ2v) is 8.04. The summed E-state index contributed by atoms with van der Waals surface area (Å²) in [7, 11) is 1.98. The number of carbonyl (C=O) groups is 1. The van der Waals surface area contributed by atoms with Crippen LogP contribution >= 0.6 is 0 Å². The molecule has 1 aromatic carbocycles. The minimum Gasteiger partial charge on any atom is -0.490 e. The van der Waals surface area contributed by atoms with Crippen LogP contribution in [0.1, 0.15) is 40.0 Å². The molecule has 1 aliphatic rings. The minimum atomic E-state index is -0.115. The molecule has 3 aromatic rings. The molecule has 31 heavy (non-hydrogen) atoms. The zero-order chi connectivity index (χ0) is 21.6. The number of nitrogens with zero attached hydrogens (tertiary/aromatic N) is 4. The quantitative estimate of drug-likeness (QED) is 0.637. The van der Waals surface area contributed by atoms with Crippen LogP contribution in [0.25, 0.3) is 0 Å². The number of amides is 1. The number of nitrogens with one attached hydrogen (secondary N) is 1. The highest BCUT2D eigenvalue weighted by Crippen LogP contribution is 2.22. The lowest BCUT2D eigenvalue weighted by Gasteiger charge is -2.32. The number of rotatable bonds is 7. The van der Waals surface area contributed by atoms with Gasteiger partial charge in [-0.1, -0.05) is 12.1 Å². The SMILES string of the molecule is Cc1c(CN2CCC(Oc3cccc(C(=O)NCc4cccnc4)c3)CC2)cnn1C. The third kappa shape index (κ3) is 5.49. The van der Waals surface area contributed by atoms with Crippen molar-refractivity contribution in [1.82, 2.24) is 25.0 Å². The molecule has 0 bridgehead atoms. The van der Waals surface area contributed by atoms with Gasteiger partial charge in [-0.15, -0.1) is 0 Å². The van der Waals surface area contributed by atoms with Crippen molar-refractivity contribution in [3.05, 3.63) is 77.4 Å².